The van der Waals surface area contributed by atoms with Gasteiger partial charge in [0, 0.05) is 24.1 Å². The quantitative estimate of drug-likeness (QED) is 0.527. The maximum atomic E-state index is 5.91. The minimum atomic E-state index is 0.328. The van der Waals surface area contributed by atoms with Gasteiger partial charge in [-0.1, -0.05) is 12.8 Å². The number of rotatable bonds is 4. The summed E-state index contributed by atoms with van der Waals surface area (Å²) in [7, 11) is 0. The third kappa shape index (κ3) is 2.51. The third-order valence-corrected chi connectivity index (χ3v) is 3.56. The van der Waals surface area contributed by atoms with Crippen LogP contribution < -0.4 is 17.0 Å². The molecule has 2 rings (SSSR count). The van der Waals surface area contributed by atoms with Crippen LogP contribution in [0.25, 0.3) is 0 Å². The second kappa shape index (κ2) is 5.27. The minimum absolute atomic E-state index is 0.328. The van der Waals surface area contributed by atoms with Gasteiger partial charge in [0.2, 0.25) is 0 Å². The van der Waals surface area contributed by atoms with Gasteiger partial charge in [-0.3, -0.25) is 16.3 Å². The zero-order valence-corrected chi connectivity index (χ0v) is 9.52. The number of anilines is 1. The van der Waals surface area contributed by atoms with E-state index in [1.165, 1.54) is 25.7 Å². The van der Waals surface area contributed by atoms with Gasteiger partial charge in [0.25, 0.3) is 0 Å². The van der Waals surface area contributed by atoms with Gasteiger partial charge in [-0.05, 0) is 36.8 Å². The molecule has 1 aliphatic rings. The molecule has 5 N–H and O–H groups in total. The number of nitrogens with one attached hydrogen (secondary N) is 1. The highest BCUT2D eigenvalue weighted by Crippen LogP contribution is 2.29. The van der Waals surface area contributed by atoms with Crippen LogP contribution in [0.3, 0.4) is 0 Å². The maximum absolute atomic E-state index is 5.91. The highest BCUT2D eigenvalue weighted by molar-refractivity contribution is 5.44. The van der Waals surface area contributed by atoms with E-state index in [-0.39, 0.29) is 0 Å². The first-order valence-electron chi connectivity index (χ1n) is 5.95. The molecule has 0 aliphatic heterocycles. The van der Waals surface area contributed by atoms with Crippen LogP contribution >= 0.6 is 0 Å². The van der Waals surface area contributed by atoms with Crippen molar-refractivity contribution in [2.24, 2.45) is 11.8 Å². The van der Waals surface area contributed by atoms with E-state index in [1.54, 1.807) is 6.20 Å². The summed E-state index contributed by atoms with van der Waals surface area (Å²) in [6, 6.07) is 2.17. The lowest BCUT2D eigenvalue weighted by Crippen LogP contribution is -2.41. The van der Waals surface area contributed by atoms with Crippen LogP contribution in [0.2, 0.25) is 0 Å². The van der Waals surface area contributed by atoms with E-state index >= 15 is 0 Å². The average Bonchev–Trinajstić information content (AvgIpc) is 2.81. The van der Waals surface area contributed by atoms with Crippen LogP contribution in [0.1, 0.15) is 31.2 Å². The molecule has 1 atom stereocenters. The molecule has 88 valence electrons. The van der Waals surface area contributed by atoms with E-state index in [1.807, 2.05) is 12.3 Å². The third-order valence-electron chi connectivity index (χ3n) is 3.56. The maximum Gasteiger partial charge on any atom is 0.0378 e. The van der Waals surface area contributed by atoms with Crippen molar-refractivity contribution in [3.8, 4) is 0 Å². The summed E-state index contributed by atoms with van der Waals surface area (Å²) in [4.78, 5) is 4.11. The van der Waals surface area contributed by atoms with E-state index in [0.29, 0.717) is 12.0 Å². The van der Waals surface area contributed by atoms with Crippen molar-refractivity contribution in [1.82, 2.24) is 10.4 Å². The van der Waals surface area contributed by atoms with Crippen molar-refractivity contribution < 1.29 is 0 Å². The molecule has 0 spiro atoms. The fourth-order valence-corrected chi connectivity index (χ4v) is 2.57. The lowest BCUT2D eigenvalue weighted by molar-refractivity contribution is 0.361. The lowest BCUT2D eigenvalue weighted by atomic mass is 9.93. The van der Waals surface area contributed by atoms with Gasteiger partial charge in [0.1, 0.15) is 0 Å². The lowest BCUT2D eigenvalue weighted by Gasteiger charge is -2.22. The van der Waals surface area contributed by atoms with E-state index in [9.17, 15) is 0 Å². The first-order valence-corrected chi connectivity index (χ1v) is 5.95. The first-order chi connectivity index (χ1) is 7.81. The SMILES string of the molecule is NNC(Cc1cnccc1N)C1CCCC1. The highest BCUT2D eigenvalue weighted by atomic mass is 15.2. The normalized spacial score (nSPS) is 18.8. The summed E-state index contributed by atoms with van der Waals surface area (Å²) >= 11 is 0. The van der Waals surface area contributed by atoms with Crippen molar-refractivity contribution in [2.75, 3.05) is 5.73 Å². The number of nitrogen functional groups attached to an aromatic ring is 1. The molecule has 4 nitrogen and oxygen atoms in total. The Morgan fingerprint density at radius 3 is 2.81 bits per heavy atom. The number of nitrogens with zero attached hydrogens (tertiary/aromatic N) is 1. The molecular formula is C12H20N4. The van der Waals surface area contributed by atoms with Crippen molar-refractivity contribution in [2.45, 2.75) is 38.1 Å². The van der Waals surface area contributed by atoms with Crippen LogP contribution in [0.15, 0.2) is 18.5 Å². The Morgan fingerprint density at radius 1 is 1.44 bits per heavy atom. The van der Waals surface area contributed by atoms with Crippen LogP contribution in [0.5, 0.6) is 0 Å². The molecule has 16 heavy (non-hydrogen) atoms. The number of hydrogen-bond donors (Lipinski definition) is 3. The Bertz CT molecular complexity index is 334. The average molecular weight is 220 g/mol. The van der Waals surface area contributed by atoms with Crippen molar-refractivity contribution >= 4 is 5.69 Å². The van der Waals surface area contributed by atoms with E-state index in [0.717, 1.165) is 17.7 Å². The molecule has 1 aromatic rings. The summed E-state index contributed by atoms with van der Waals surface area (Å²) in [6.07, 6.45) is 9.63. The number of pyridine rings is 1. The fraction of sp³-hybridized carbons (Fsp3) is 0.583. The largest absolute Gasteiger partial charge is 0.398 e. The first kappa shape index (κ1) is 11.4. The van der Waals surface area contributed by atoms with E-state index < -0.39 is 0 Å². The highest BCUT2D eigenvalue weighted by Gasteiger charge is 2.24. The van der Waals surface area contributed by atoms with Crippen LogP contribution in [0, 0.1) is 5.92 Å². The van der Waals surface area contributed by atoms with Gasteiger partial charge >= 0.3 is 0 Å². The van der Waals surface area contributed by atoms with Crippen LogP contribution in [0.4, 0.5) is 5.69 Å². The van der Waals surface area contributed by atoms with Gasteiger partial charge in [-0.2, -0.15) is 0 Å². The summed E-state index contributed by atoms with van der Waals surface area (Å²) in [5.74, 6) is 6.32. The molecule has 0 saturated heterocycles. The van der Waals surface area contributed by atoms with Crippen LogP contribution in [-0.2, 0) is 6.42 Å². The molecule has 1 aliphatic carbocycles. The number of aromatic nitrogens is 1. The Balaban J connectivity index is 2.03. The molecule has 4 heteroatoms. The summed E-state index contributed by atoms with van der Waals surface area (Å²) < 4.78 is 0. The fourth-order valence-electron chi connectivity index (χ4n) is 2.57. The van der Waals surface area contributed by atoms with Crippen molar-refractivity contribution in [3.63, 3.8) is 0 Å². The molecule has 1 heterocycles. The standard InChI is InChI=1S/C12H20N4/c13-11-5-6-15-8-10(11)7-12(16-14)9-3-1-2-4-9/h5-6,8-9,12,16H,1-4,7,14H2,(H2,13,15). The second-order valence-electron chi connectivity index (χ2n) is 4.60. The zero-order chi connectivity index (χ0) is 11.4. The Morgan fingerprint density at radius 2 is 2.19 bits per heavy atom. The van der Waals surface area contributed by atoms with Gasteiger partial charge in [-0.15, -0.1) is 0 Å². The predicted molar refractivity (Wildman–Crippen MR) is 65.4 cm³/mol. The van der Waals surface area contributed by atoms with Crippen molar-refractivity contribution in [3.05, 3.63) is 24.0 Å². The van der Waals surface area contributed by atoms with Gasteiger partial charge < -0.3 is 5.73 Å². The summed E-state index contributed by atoms with van der Waals surface area (Å²) in [5, 5.41) is 0. The molecule has 1 aromatic heterocycles. The molecule has 0 aromatic carbocycles. The molecule has 0 radical (unpaired) electrons. The molecule has 1 fully saturated rings. The number of nitrogens with two attached hydrogens (primary N) is 2. The minimum Gasteiger partial charge on any atom is -0.398 e. The summed E-state index contributed by atoms with van der Waals surface area (Å²) in [5.41, 5.74) is 10.8. The molecule has 1 saturated carbocycles. The van der Waals surface area contributed by atoms with Gasteiger partial charge in [0.15, 0.2) is 0 Å². The van der Waals surface area contributed by atoms with Gasteiger partial charge in [0.05, 0.1) is 0 Å². The number of hydrazine groups is 1. The second-order valence-corrected chi connectivity index (χ2v) is 4.60. The Kier molecular flexibility index (Phi) is 3.74. The molecule has 0 bridgehead atoms. The monoisotopic (exact) mass is 220 g/mol. The summed E-state index contributed by atoms with van der Waals surface area (Å²) in [6.45, 7) is 0. The smallest absolute Gasteiger partial charge is 0.0378 e. The zero-order valence-electron chi connectivity index (χ0n) is 9.52. The molecule has 1 unspecified atom stereocenters. The predicted octanol–water partition coefficient (Wildman–Crippen LogP) is 1.23. The Hall–Kier alpha value is -1.13. The molecule has 0 amide bonds. The molecular weight excluding hydrogens is 200 g/mol. The van der Waals surface area contributed by atoms with Crippen LogP contribution in [-0.4, -0.2) is 11.0 Å². The topological polar surface area (TPSA) is 77.0 Å². The van der Waals surface area contributed by atoms with Crippen molar-refractivity contribution in [1.29, 1.82) is 0 Å². The Labute approximate surface area is 96.4 Å². The number of hydrogen-bond acceptors (Lipinski definition) is 4. The van der Waals surface area contributed by atoms with E-state index in [4.69, 9.17) is 11.6 Å². The van der Waals surface area contributed by atoms with E-state index in [2.05, 4.69) is 10.4 Å². The van der Waals surface area contributed by atoms with Gasteiger partial charge in [-0.25, -0.2) is 0 Å².